The molecular weight excluding hydrogens is 428 g/mol. The van der Waals surface area contributed by atoms with Crippen molar-refractivity contribution in [1.29, 1.82) is 0 Å². The van der Waals surface area contributed by atoms with Crippen LogP contribution >= 0.6 is 0 Å². The smallest absolute Gasteiger partial charge is 0.239 e. The number of aromatic hydroxyl groups is 3. The molecule has 2 aromatic carbocycles. The predicted octanol–water partition coefficient (Wildman–Crippen LogP) is -0.244. The highest BCUT2D eigenvalue weighted by molar-refractivity contribution is 5.88. The van der Waals surface area contributed by atoms with Gasteiger partial charge in [0.25, 0.3) is 0 Å². The number of aliphatic hydroxyl groups is 4. The van der Waals surface area contributed by atoms with Gasteiger partial charge in [-0.2, -0.15) is 0 Å². The van der Waals surface area contributed by atoms with Crippen molar-refractivity contribution in [2.75, 3.05) is 6.61 Å². The fourth-order valence-electron chi connectivity index (χ4n) is 3.46. The lowest BCUT2D eigenvalue weighted by molar-refractivity contribution is -0.277. The summed E-state index contributed by atoms with van der Waals surface area (Å²) < 4.78 is 16.6. The summed E-state index contributed by atoms with van der Waals surface area (Å²) in [7, 11) is 0. The molecule has 1 aliphatic heterocycles. The van der Waals surface area contributed by atoms with Gasteiger partial charge >= 0.3 is 0 Å². The molecule has 0 radical (unpaired) electrons. The Hall–Kier alpha value is -3.35. The van der Waals surface area contributed by atoms with Gasteiger partial charge in [0.2, 0.25) is 17.5 Å². The summed E-state index contributed by atoms with van der Waals surface area (Å²) in [6.45, 7) is -0.706. The molecule has 0 saturated carbocycles. The van der Waals surface area contributed by atoms with Crippen LogP contribution in [0.2, 0.25) is 0 Å². The minimum Gasteiger partial charge on any atom is -0.508 e. The van der Waals surface area contributed by atoms with E-state index in [-0.39, 0.29) is 33.8 Å². The first kappa shape index (κ1) is 21.9. The monoisotopic (exact) mass is 448 g/mol. The molecule has 0 amide bonds. The van der Waals surface area contributed by atoms with Gasteiger partial charge in [-0.15, -0.1) is 0 Å². The zero-order chi connectivity index (χ0) is 23.2. The molecule has 4 rings (SSSR count). The first-order valence-electron chi connectivity index (χ1n) is 9.50. The van der Waals surface area contributed by atoms with E-state index in [4.69, 9.17) is 13.9 Å². The van der Waals surface area contributed by atoms with Crippen LogP contribution in [-0.2, 0) is 4.74 Å². The Bertz CT molecular complexity index is 1190. The topological polar surface area (TPSA) is 190 Å². The van der Waals surface area contributed by atoms with Crippen LogP contribution < -0.4 is 10.2 Å². The lowest BCUT2D eigenvalue weighted by Crippen LogP contribution is -2.60. The summed E-state index contributed by atoms with van der Waals surface area (Å²) in [5.41, 5.74) is -0.801. The van der Waals surface area contributed by atoms with E-state index in [0.29, 0.717) is 0 Å². The van der Waals surface area contributed by atoms with E-state index in [1.54, 1.807) is 0 Å². The molecule has 1 fully saturated rings. The van der Waals surface area contributed by atoms with Crippen molar-refractivity contribution in [3.63, 3.8) is 0 Å². The number of hydrogen-bond donors (Lipinski definition) is 7. The normalized spacial score (nSPS) is 25.7. The van der Waals surface area contributed by atoms with Gasteiger partial charge in [0.1, 0.15) is 52.6 Å². The van der Waals surface area contributed by atoms with Crippen molar-refractivity contribution >= 4 is 11.0 Å². The molecule has 32 heavy (non-hydrogen) atoms. The van der Waals surface area contributed by atoms with Gasteiger partial charge in [-0.3, -0.25) is 4.79 Å². The van der Waals surface area contributed by atoms with Crippen molar-refractivity contribution in [3.05, 3.63) is 46.6 Å². The van der Waals surface area contributed by atoms with Crippen molar-refractivity contribution in [1.82, 2.24) is 0 Å². The van der Waals surface area contributed by atoms with E-state index in [0.717, 1.165) is 12.1 Å². The third kappa shape index (κ3) is 3.72. The number of hydrogen-bond acceptors (Lipinski definition) is 11. The van der Waals surface area contributed by atoms with Crippen LogP contribution in [-0.4, -0.2) is 73.1 Å². The number of aliphatic hydroxyl groups excluding tert-OH is 4. The van der Waals surface area contributed by atoms with Crippen molar-refractivity contribution < 1.29 is 49.6 Å². The van der Waals surface area contributed by atoms with E-state index in [9.17, 15) is 40.5 Å². The van der Waals surface area contributed by atoms with Gasteiger partial charge < -0.3 is 49.6 Å². The summed E-state index contributed by atoms with van der Waals surface area (Å²) >= 11 is 0. The molecule has 0 spiro atoms. The van der Waals surface area contributed by atoms with Gasteiger partial charge in [0, 0.05) is 17.7 Å². The molecule has 1 aliphatic rings. The number of ether oxygens (including phenoxy) is 2. The number of rotatable bonds is 4. The van der Waals surface area contributed by atoms with Gasteiger partial charge in [0.05, 0.1) is 6.61 Å². The van der Waals surface area contributed by atoms with Crippen LogP contribution in [0.15, 0.2) is 45.6 Å². The maximum Gasteiger partial charge on any atom is 0.239 e. The first-order valence-corrected chi connectivity index (χ1v) is 9.50. The highest BCUT2D eigenvalue weighted by Crippen LogP contribution is 2.37. The highest BCUT2D eigenvalue weighted by atomic mass is 16.7. The van der Waals surface area contributed by atoms with Crippen LogP contribution in [0.1, 0.15) is 0 Å². The average Bonchev–Trinajstić information content (AvgIpc) is 2.75. The Kier molecular flexibility index (Phi) is 5.67. The van der Waals surface area contributed by atoms with Gasteiger partial charge in [-0.25, -0.2) is 0 Å². The molecule has 11 nitrogen and oxygen atoms in total. The highest BCUT2D eigenvalue weighted by Gasteiger charge is 2.45. The number of phenols is 3. The Labute approximate surface area is 179 Å². The van der Waals surface area contributed by atoms with E-state index in [2.05, 4.69) is 0 Å². The average molecular weight is 448 g/mol. The zero-order valence-corrected chi connectivity index (χ0v) is 16.3. The van der Waals surface area contributed by atoms with E-state index >= 15 is 0 Å². The fourth-order valence-corrected chi connectivity index (χ4v) is 3.46. The standard InChI is InChI=1S/C21H20O11/c22-7-13-15(26)17(28)18(29)21(31-13)32-20-16(27)14-11(25)5-10(24)6-12(14)30-19(20)8-1-3-9(23)4-2-8/h1-6,13,15,17-18,21-26,28-29H,7H2/t13?,15-,17-,18?,21+/m1/s1. The van der Waals surface area contributed by atoms with E-state index in [1.165, 1.54) is 24.3 Å². The zero-order valence-electron chi connectivity index (χ0n) is 16.3. The Morgan fingerprint density at radius 2 is 1.59 bits per heavy atom. The maximum atomic E-state index is 13.2. The largest absolute Gasteiger partial charge is 0.508 e. The maximum absolute atomic E-state index is 13.2. The van der Waals surface area contributed by atoms with Crippen molar-refractivity contribution in [3.8, 4) is 34.3 Å². The van der Waals surface area contributed by atoms with Crippen molar-refractivity contribution in [2.45, 2.75) is 30.7 Å². The number of fused-ring (bicyclic) bond motifs is 1. The number of phenolic OH excluding ortho intramolecular Hbond substituents is 3. The lowest BCUT2D eigenvalue weighted by atomic mass is 9.99. The molecule has 3 aromatic rings. The molecule has 2 heterocycles. The summed E-state index contributed by atoms with van der Waals surface area (Å²) in [6, 6.07) is 7.48. The molecule has 1 aromatic heterocycles. The third-order valence-corrected chi connectivity index (χ3v) is 5.13. The van der Waals surface area contributed by atoms with Crippen LogP contribution in [0.25, 0.3) is 22.3 Å². The van der Waals surface area contributed by atoms with Crippen molar-refractivity contribution in [2.24, 2.45) is 0 Å². The molecule has 2 unspecified atom stereocenters. The number of benzene rings is 2. The quantitative estimate of drug-likeness (QED) is 0.279. The Balaban J connectivity index is 1.89. The molecular formula is C21H20O11. The van der Waals surface area contributed by atoms with Crippen LogP contribution in [0.4, 0.5) is 0 Å². The molecule has 1 saturated heterocycles. The minimum atomic E-state index is -1.80. The molecule has 7 N–H and O–H groups in total. The van der Waals surface area contributed by atoms with E-state index < -0.39 is 54.2 Å². The molecule has 5 atom stereocenters. The fraction of sp³-hybridized carbons (Fsp3) is 0.286. The minimum absolute atomic E-state index is 0.0661. The second-order valence-corrected chi connectivity index (χ2v) is 7.29. The molecule has 170 valence electrons. The lowest BCUT2D eigenvalue weighted by Gasteiger charge is -2.39. The molecule has 0 aliphatic carbocycles. The van der Waals surface area contributed by atoms with Crippen LogP contribution in [0.5, 0.6) is 23.0 Å². The predicted molar refractivity (Wildman–Crippen MR) is 107 cm³/mol. The summed E-state index contributed by atoms with van der Waals surface area (Å²) in [5, 5.41) is 68.8. The summed E-state index contributed by atoms with van der Waals surface area (Å²) in [6.07, 6.45) is -8.16. The second kappa shape index (κ2) is 8.30. The SMILES string of the molecule is O=c1c(O[C@@H]2OC(CO)[C@@H](O)[C@@H](O)C2O)c(-c2ccc(O)cc2)oc2cc(O)cc(O)c12. The van der Waals surface area contributed by atoms with Crippen LogP contribution in [0, 0.1) is 0 Å². The summed E-state index contributed by atoms with van der Waals surface area (Å²) in [4.78, 5) is 13.2. The van der Waals surface area contributed by atoms with E-state index in [1.807, 2.05) is 0 Å². The van der Waals surface area contributed by atoms with Crippen LogP contribution in [0.3, 0.4) is 0 Å². The Morgan fingerprint density at radius 3 is 2.25 bits per heavy atom. The van der Waals surface area contributed by atoms with Gasteiger partial charge in [-0.1, -0.05) is 0 Å². The second-order valence-electron chi connectivity index (χ2n) is 7.29. The Morgan fingerprint density at radius 1 is 0.906 bits per heavy atom. The summed E-state index contributed by atoms with van der Waals surface area (Å²) in [5.74, 6) is -1.73. The first-order chi connectivity index (χ1) is 15.2. The van der Waals surface area contributed by atoms with Gasteiger partial charge in [-0.05, 0) is 24.3 Å². The van der Waals surface area contributed by atoms with Gasteiger partial charge in [0.15, 0.2) is 5.76 Å². The molecule has 11 heteroatoms. The third-order valence-electron chi connectivity index (χ3n) is 5.13. The molecule has 0 bridgehead atoms.